The highest BCUT2D eigenvalue weighted by Gasteiger charge is 2.18. The number of sulfonamides is 1. The van der Waals surface area contributed by atoms with Crippen LogP contribution >= 0.6 is 11.6 Å². The smallest absolute Gasteiger partial charge is 0.255 e. The number of nitrogens with one attached hydrogen (secondary N) is 2. The minimum atomic E-state index is -3.82. The van der Waals surface area contributed by atoms with Crippen molar-refractivity contribution in [3.05, 3.63) is 53.1 Å². The fourth-order valence-corrected chi connectivity index (χ4v) is 3.29. The molecule has 2 rings (SSSR count). The number of halogens is 1. The van der Waals surface area contributed by atoms with Gasteiger partial charge in [0.05, 0.1) is 23.8 Å². The Bertz CT molecular complexity index is 869. The summed E-state index contributed by atoms with van der Waals surface area (Å²) in [7, 11) is -3.82. The molecule has 0 aliphatic heterocycles. The second-order valence-electron chi connectivity index (χ2n) is 5.17. The van der Waals surface area contributed by atoms with Crippen LogP contribution in [0.5, 0.6) is 5.75 Å². The summed E-state index contributed by atoms with van der Waals surface area (Å²) < 4.78 is 32.1. The SMILES string of the molecule is CCOc1ccc(S(=O)(=O)NCCO)cc1NC(=O)c1ccc(Cl)cc1. The van der Waals surface area contributed by atoms with E-state index >= 15 is 0 Å². The van der Waals surface area contributed by atoms with Gasteiger partial charge in [-0.05, 0) is 49.4 Å². The number of amides is 1. The van der Waals surface area contributed by atoms with Crippen LogP contribution in [-0.2, 0) is 10.0 Å². The van der Waals surface area contributed by atoms with Crippen LogP contribution in [0.1, 0.15) is 17.3 Å². The Balaban J connectivity index is 2.33. The number of carbonyl (C=O) groups is 1. The van der Waals surface area contributed by atoms with Crippen molar-refractivity contribution in [1.29, 1.82) is 0 Å². The second kappa shape index (κ2) is 9.00. The first-order valence-electron chi connectivity index (χ1n) is 7.81. The Morgan fingerprint density at radius 1 is 1.19 bits per heavy atom. The van der Waals surface area contributed by atoms with Crippen LogP contribution in [-0.4, -0.2) is 39.2 Å². The molecule has 2 aromatic rings. The van der Waals surface area contributed by atoms with E-state index in [1.807, 2.05) is 0 Å². The maximum absolute atomic E-state index is 12.4. The average molecular weight is 399 g/mol. The quantitative estimate of drug-likeness (QED) is 0.632. The van der Waals surface area contributed by atoms with Gasteiger partial charge in [0, 0.05) is 17.1 Å². The molecule has 3 N–H and O–H groups in total. The molecule has 0 aromatic heterocycles. The third-order valence-electron chi connectivity index (χ3n) is 3.32. The normalized spacial score (nSPS) is 11.2. The maximum atomic E-state index is 12.4. The lowest BCUT2D eigenvalue weighted by Gasteiger charge is -2.14. The van der Waals surface area contributed by atoms with E-state index in [4.69, 9.17) is 21.4 Å². The van der Waals surface area contributed by atoms with Crippen LogP contribution in [0.3, 0.4) is 0 Å². The zero-order valence-electron chi connectivity index (χ0n) is 14.0. The molecule has 0 heterocycles. The summed E-state index contributed by atoms with van der Waals surface area (Å²) >= 11 is 5.81. The van der Waals surface area contributed by atoms with Crippen LogP contribution in [0.4, 0.5) is 5.69 Å². The van der Waals surface area contributed by atoms with Gasteiger partial charge in [-0.2, -0.15) is 0 Å². The molecule has 1 amide bonds. The number of anilines is 1. The van der Waals surface area contributed by atoms with E-state index in [0.717, 1.165) is 0 Å². The van der Waals surface area contributed by atoms with Gasteiger partial charge in [-0.25, -0.2) is 13.1 Å². The van der Waals surface area contributed by atoms with Crippen LogP contribution in [0.15, 0.2) is 47.4 Å². The van der Waals surface area contributed by atoms with Crippen molar-refractivity contribution in [2.45, 2.75) is 11.8 Å². The molecule has 26 heavy (non-hydrogen) atoms. The van der Waals surface area contributed by atoms with Crippen molar-refractivity contribution in [1.82, 2.24) is 4.72 Å². The molecule has 0 aliphatic carbocycles. The first kappa shape index (κ1) is 20.2. The number of ether oxygens (including phenoxy) is 1. The topological polar surface area (TPSA) is 105 Å². The highest BCUT2D eigenvalue weighted by atomic mass is 35.5. The summed E-state index contributed by atoms with van der Waals surface area (Å²) in [5.41, 5.74) is 0.585. The predicted molar refractivity (Wildman–Crippen MR) is 99.3 cm³/mol. The zero-order chi connectivity index (χ0) is 19.2. The Morgan fingerprint density at radius 2 is 1.88 bits per heavy atom. The Labute approximate surface area is 157 Å². The summed E-state index contributed by atoms with van der Waals surface area (Å²) in [4.78, 5) is 12.4. The van der Waals surface area contributed by atoms with E-state index in [9.17, 15) is 13.2 Å². The number of benzene rings is 2. The lowest BCUT2D eigenvalue weighted by Crippen LogP contribution is -2.26. The van der Waals surface area contributed by atoms with Gasteiger partial charge in [0.1, 0.15) is 5.75 Å². The second-order valence-corrected chi connectivity index (χ2v) is 7.38. The Hall–Kier alpha value is -2.13. The van der Waals surface area contributed by atoms with E-state index in [-0.39, 0.29) is 23.7 Å². The molecule has 0 atom stereocenters. The number of aliphatic hydroxyl groups excluding tert-OH is 1. The van der Waals surface area contributed by atoms with Crippen molar-refractivity contribution < 1.29 is 23.1 Å². The molecule has 0 spiro atoms. The minimum Gasteiger partial charge on any atom is -0.492 e. The molecule has 2 aromatic carbocycles. The number of hydrogen-bond donors (Lipinski definition) is 3. The number of hydrogen-bond acceptors (Lipinski definition) is 5. The van der Waals surface area contributed by atoms with Gasteiger partial charge in [0.15, 0.2) is 0 Å². The van der Waals surface area contributed by atoms with Crippen LogP contribution in [0, 0.1) is 0 Å². The van der Waals surface area contributed by atoms with Crippen molar-refractivity contribution in [2.75, 3.05) is 25.1 Å². The zero-order valence-corrected chi connectivity index (χ0v) is 15.6. The molecule has 0 bridgehead atoms. The first-order chi connectivity index (χ1) is 12.4. The molecular weight excluding hydrogens is 380 g/mol. The summed E-state index contributed by atoms with van der Waals surface area (Å²) in [5.74, 6) is -0.0867. The van der Waals surface area contributed by atoms with Gasteiger partial charge in [0.25, 0.3) is 5.91 Å². The highest BCUT2D eigenvalue weighted by Crippen LogP contribution is 2.28. The molecule has 140 valence electrons. The molecule has 7 nitrogen and oxygen atoms in total. The van der Waals surface area contributed by atoms with Crippen LogP contribution in [0.25, 0.3) is 0 Å². The lowest BCUT2D eigenvalue weighted by atomic mass is 10.2. The van der Waals surface area contributed by atoms with Crippen LogP contribution in [0.2, 0.25) is 5.02 Å². The first-order valence-corrected chi connectivity index (χ1v) is 9.67. The van der Waals surface area contributed by atoms with Gasteiger partial charge in [0.2, 0.25) is 10.0 Å². The third kappa shape index (κ3) is 5.18. The molecule has 0 saturated heterocycles. The molecule has 0 aliphatic rings. The summed E-state index contributed by atoms with van der Waals surface area (Å²) in [5, 5.41) is 11.9. The van der Waals surface area contributed by atoms with Gasteiger partial charge in [-0.1, -0.05) is 11.6 Å². The van der Waals surface area contributed by atoms with E-state index < -0.39 is 15.9 Å². The highest BCUT2D eigenvalue weighted by molar-refractivity contribution is 7.89. The van der Waals surface area contributed by atoms with E-state index in [1.165, 1.54) is 18.2 Å². The molecular formula is C17H19ClN2O5S. The monoisotopic (exact) mass is 398 g/mol. The minimum absolute atomic E-state index is 0.0548. The van der Waals surface area contributed by atoms with Crippen molar-refractivity contribution in [3.8, 4) is 5.75 Å². The van der Waals surface area contributed by atoms with Crippen molar-refractivity contribution in [2.24, 2.45) is 0 Å². The largest absolute Gasteiger partial charge is 0.492 e. The fraction of sp³-hybridized carbons (Fsp3) is 0.235. The van der Waals surface area contributed by atoms with Crippen molar-refractivity contribution in [3.63, 3.8) is 0 Å². The molecule has 0 radical (unpaired) electrons. The van der Waals surface area contributed by atoms with E-state index in [2.05, 4.69) is 10.0 Å². The number of aliphatic hydroxyl groups is 1. The third-order valence-corrected chi connectivity index (χ3v) is 5.03. The van der Waals surface area contributed by atoms with Gasteiger partial charge < -0.3 is 15.2 Å². The van der Waals surface area contributed by atoms with E-state index in [0.29, 0.717) is 22.9 Å². The maximum Gasteiger partial charge on any atom is 0.255 e. The fourth-order valence-electron chi connectivity index (χ4n) is 2.11. The average Bonchev–Trinajstić information content (AvgIpc) is 2.62. The number of rotatable bonds is 8. The van der Waals surface area contributed by atoms with Crippen molar-refractivity contribution >= 4 is 33.2 Å². The lowest BCUT2D eigenvalue weighted by molar-refractivity contribution is 0.102. The standard InChI is InChI=1S/C17H19ClN2O5S/c1-2-25-16-8-7-14(26(23,24)19-9-10-21)11-15(16)20-17(22)12-3-5-13(18)6-4-12/h3-8,11,19,21H,2,9-10H2,1H3,(H,20,22). The van der Waals surface area contributed by atoms with E-state index in [1.54, 1.807) is 31.2 Å². The molecule has 0 unspecified atom stereocenters. The molecule has 9 heteroatoms. The summed E-state index contributed by atoms with van der Waals surface area (Å²) in [6.45, 7) is 1.69. The molecule has 0 fully saturated rings. The van der Waals surface area contributed by atoms with Gasteiger partial charge in [-0.15, -0.1) is 0 Å². The number of carbonyl (C=O) groups excluding carboxylic acids is 1. The van der Waals surface area contributed by atoms with Gasteiger partial charge >= 0.3 is 0 Å². The molecule has 0 saturated carbocycles. The Morgan fingerprint density at radius 3 is 2.50 bits per heavy atom. The Kier molecular flexibility index (Phi) is 6.98. The summed E-state index contributed by atoms with van der Waals surface area (Å²) in [6.07, 6.45) is 0. The summed E-state index contributed by atoms with van der Waals surface area (Å²) in [6, 6.07) is 10.4. The predicted octanol–water partition coefficient (Wildman–Crippen LogP) is 2.26. The van der Waals surface area contributed by atoms with Crippen LogP contribution < -0.4 is 14.8 Å². The van der Waals surface area contributed by atoms with Gasteiger partial charge in [-0.3, -0.25) is 4.79 Å².